The van der Waals surface area contributed by atoms with Gasteiger partial charge in [0, 0.05) is 32.2 Å². The predicted octanol–water partition coefficient (Wildman–Crippen LogP) is 0.800. The van der Waals surface area contributed by atoms with Gasteiger partial charge in [0.2, 0.25) is 5.91 Å². The highest BCUT2D eigenvalue weighted by Gasteiger charge is 2.19. The van der Waals surface area contributed by atoms with Gasteiger partial charge in [0.25, 0.3) is 0 Å². The van der Waals surface area contributed by atoms with Crippen LogP contribution in [-0.4, -0.2) is 48.9 Å². The summed E-state index contributed by atoms with van der Waals surface area (Å²) in [6.45, 7) is 2.84. The van der Waals surface area contributed by atoms with Crippen LogP contribution in [0.2, 0.25) is 0 Å². The van der Waals surface area contributed by atoms with Crippen molar-refractivity contribution in [2.24, 2.45) is 5.73 Å². The molecule has 1 aromatic rings. The first-order chi connectivity index (χ1) is 10.1. The second-order valence-corrected chi connectivity index (χ2v) is 5.19. The minimum Gasteiger partial charge on any atom is -0.345 e. The number of amides is 1. The van der Waals surface area contributed by atoms with E-state index in [1.807, 2.05) is 7.05 Å². The fraction of sp³-hybridized carbons (Fsp3) is 0.438. The molecule has 0 bridgehead atoms. The van der Waals surface area contributed by atoms with Crippen LogP contribution in [0.25, 0.3) is 0 Å². The van der Waals surface area contributed by atoms with Crippen molar-refractivity contribution in [1.82, 2.24) is 9.80 Å². The normalized spacial score (nSPS) is 16.3. The molecule has 0 aromatic heterocycles. The summed E-state index contributed by atoms with van der Waals surface area (Å²) in [6, 6.07) is 4.58. The molecule has 0 unspecified atom stereocenters. The third kappa shape index (κ3) is 4.28. The standard InChI is InChI=1S/C16H20FN3O/c1-19-8-3-9-20(12-16(19)21)11-14-5-6-15(17)10-13(14)4-2-7-18/h5-6,10H,3,7-9,11-12,18H2,1H3. The van der Waals surface area contributed by atoms with E-state index in [1.165, 1.54) is 12.1 Å². The molecule has 1 fully saturated rings. The molecule has 2 N–H and O–H groups in total. The Kier molecular flexibility index (Phi) is 5.32. The zero-order chi connectivity index (χ0) is 15.2. The van der Waals surface area contributed by atoms with Crippen molar-refractivity contribution >= 4 is 5.91 Å². The molecular weight excluding hydrogens is 269 g/mol. The van der Waals surface area contributed by atoms with E-state index >= 15 is 0 Å². The van der Waals surface area contributed by atoms with Crippen LogP contribution in [0.4, 0.5) is 4.39 Å². The van der Waals surface area contributed by atoms with Crippen molar-refractivity contribution < 1.29 is 9.18 Å². The van der Waals surface area contributed by atoms with E-state index in [2.05, 4.69) is 16.7 Å². The van der Waals surface area contributed by atoms with E-state index in [-0.39, 0.29) is 18.3 Å². The molecule has 0 atom stereocenters. The Bertz CT molecular complexity index is 577. The summed E-state index contributed by atoms with van der Waals surface area (Å²) in [5, 5.41) is 0. The average Bonchev–Trinajstić information content (AvgIpc) is 2.61. The number of halogens is 1. The van der Waals surface area contributed by atoms with E-state index in [0.29, 0.717) is 18.7 Å². The van der Waals surface area contributed by atoms with Gasteiger partial charge in [-0.1, -0.05) is 17.9 Å². The number of carbonyl (C=O) groups is 1. The molecule has 1 amide bonds. The van der Waals surface area contributed by atoms with Crippen LogP contribution < -0.4 is 5.73 Å². The number of hydrogen-bond donors (Lipinski definition) is 1. The van der Waals surface area contributed by atoms with Crippen LogP contribution in [-0.2, 0) is 11.3 Å². The van der Waals surface area contributed by atoms with Crippen molar-refractivity contribution in [2.75, 3.05) is 33.2 Å². The summed E-state index contributed by atoms with van der Waals surface area (Å²) in [5.74, 6) is 5.46. The molecule has 1 heterocycles. The SMILES string of the molecule is CN1CCCN(Cc2ccc(F)cc2C#CCN)CC1=O. The van der Waals surface area contributed by atoms with Crippen LogP contribution in [0.15, 0.2) is 18.2 Å². The van der Waals surface area contributed by atoms with Gasteiger partial charge in [-0.25, -0.2) is 4.39 Å². The van der Waals surface area contributed by atoms with E-state index in [0.717, 1.165) is 25.1 Å². The van der Waals surface area contributed by atoms with Crippen LogP contribution in [0.3, 0.4) is 0 Å². The van der Waals surface area contributed by atoms with Crippen molar-refractivity contribution in [3.05, 3.63) is 35.1 Å². The number of rotatable bonds is 2. The van der Waals surface area contributed by atoms with Gasteiger partial charge in [-0.05, 0) is 24.1 Å². The molecule has 1 aromatic carbocycles. The van der Waals surface area contributed by atoms with Gasteiger partial charge >= 0.3 is 0 Å². The summed E-state index contributed by atoms with van der Waals surface area (Å²) >= 11 is 0. The van der Waals surface area contributed by atoms with Crippen molar-refractivity contribution in [3.63, 3.8) is 0 Å². The van der Waals surface area contributed by atoms with E-state index < -0.39 is 0 Å². The van der Waals surface area contributed by atoms with Crippen LogP contribution >= 0.6 is 0 Å². The minimum absolute atomic E-state index is 0.115. The maximum atomic E-state index is 13.4. The monoisotopic (exact) mass is 289 g/mol. The molecule has 0 radical (unpaired) electrons. The average molecular weight is 289 g/mol. The highest BCUT2D eigenvalue weighted by molar-refractivity contribution is 5.78. The lowest BCUT2D eigenvalue weighted by Crippen LogP contribution is -2.34. The Morgan fingerprint density at radius 3 is 2.95 bits per heavy atom. The lowest BCUT2D eigenvalue weighted by Gasteiger charge is -2.20. The fourth-order valence-corrected chi connectivity index (χ4v) is 2.37. The van der Waals surface area contributed by atoms with E-state index in [4.69, 9.17) is 5.73 Å². The quantitative estimate of drug-likeness (QED) is 0.819. The number of hydrogen-bond acceptors (Lipinski definition) is 3. The Labute approximate surface area is 124 Å². The summed E-state index contributed by atoms with van der Waals surface area (Å²) in [5.41, 5.74) is 6.94. The van der Waals surface area contributed by atoms with Gasteiger partial charge < -0.3 is 10.6 Å². The molecular formula is C16H20FN3O. The largest absolute Gasteiger partial charge is 0.345 e. The van der Waals surface area contributed by atoms with Crippen molar-refractivity contribution in [1.29, 1.82) is 0 Å². The zero-order valence-electron chi connectivity index (χ0n) is 12.2. The number of nitrogens with zero attached hydrogens (tertiary/aromatic N) is 2. The first-order valence-corrected chi connectivity index (χ1v) is 7.04. The first kappa shape index (κ1) is 15.5. The van der Waals surface area contributed by atoms with Crippen molar-refractivity contribution in [2.45, 2.75) is 13.0 Å². The molecule has 21 heavy (non-hydrogen) atoms. The minimum atomic E-state index is -0.313. The lowest BCUT2D eigenvalue weighted by atomic mass is 10.1. The maximum absolute atomic E-state index is 13.4. The van der Waals surface area contributed by atoms with Gasteiger partial charge in [0.1, 0.15) is 5.82 Å². The number of benzene rings is 1. The van der Waals surface area contributed by atoms with E-state index in [1.54, 1.807) is 11.0 Å². The van der Waals surface area contributed by atoms with Gasteiger partial charge in [-0.3, -0.25) is 9.69 Å². The number of nitrogens with two attached hydrogens (primary N) is 1. The topological polar surface area (TPSA) is 49.6 Å². The number of carbonyl (C=O) groups excluding carboxylic acids is 1. The second kappa shape index (κ2) is 7.21. The third-order valence-corrected chi connectivity index (χ3v) is 3.54. The molecule has 1 aliphatic heterocycles. The first-order valence-electron chi connectivity index (χ1n) is 7.04. The smallest absolute Gasteiger partial charge is 0.236 e. The summed E-state index contributed by atoms with van der Waals surface area (Å²) in [6.07, 6.45) is 0.938. The van der Waals surface area contributed by atoms with Gasteiger partial charge in [-0.2, -0.15) is 0 Å². The molecule has 0 aliphatic carbocycles. The van der Waals surface area contributed by atoms with Crippen LogP contribution in [0.1, 0.15) is 17.5 Å². The van der Waals surface area contributed by atoms with Crippen LogP contribution in [0.5, 0.6) is 0 Å². The molecule has 0 saturated carbocycles. The van der Waals surface area contributed by atoms with Gasteiger partial charge in [0.05, 0.1) is 13.1 Å². The fourth-order valence-electron chi connectivity index (χ4n) is 2.37. The number of likely N-dealkylation sites (N-methyl/N-ethyl adjacent to an activating group) is 1. The highest BCUT2D eigenvalue weighted by atomic mass is 19.1. The molecule has 0 spiro atoms. The molecule has 112 valence electrons. The predicted molar refractivity (Wildman–Crippen MR) is 79.9 cm³/mol. The Balaban J connectivity index is 2.16. The summed E-state index contributed by atoms with van der Waals surface area (Å²) in [4.78, 5) is 15.7. The maximum Gasteiger partial charge on any atom is 0.236 e. The summed E-state index contributed by atoms with van der Waals surface area (Å²) < 4.78 is 13.4. The zero-order valence-corrected chi connectivity index (χ0v) is 12.2. The van der Waals surface area contributed by atoms with E-state index in [9.17, 15) is 9.18 Å². The molecule has 1 aliphatic rings. The lowest BCUT2D eigenvalue weighted by molar-refractivity contribution is -0.130. The summed E-state index contributed by atoms with van der Waals surface area (Å²) in [7, 11) is 1.82. The second-order valence-electron chi connectivity index (χ2n) is 5.19. The molecule has 2 rings (SSSR count). The molecule has 5 heteroatoms. The Morgan fingerprint density at radius 1 is 1.38 bits per heavy atom. The molecule has 1 saturated heterocycles. The van der Waals surface area contributed by atoms with Crippen LogP contribution in [0, 0.1) is 17.7 Å². The Hall–Kier alpha value is -1.90. The van der Waals surface area contributed by atoms with Crippen molar-refractivity contribution in [3.8, 4) is 11.8 Å². The third-order valence-electron chi connectivity index (χ3n) is 3.54. The van der Waals surface area contributed by atoms with Gasteiger partial charge in [0.15, 0.2) is 0 Å². The Morgan fingerprint density at radius 2 is 2.19 bits per heavy atom. The van der Waals surface area contributed by atoms with Gasteiger partial charge in [-0.15, -0.1) is 0 Å². The highest BCUT2D eigenvalue weighted by Crippen LogP contribution is 2.14. The molecule has 4 nitrogen and oxygen atoms in total.